The first-order chi connectivity index (χ1) is 8.45. The molecule has 1 aromatic rings. The number of nitrogens with one attached hydrogen (secondary N) is 1. The van der Waals surface area contributed by atoms with Gasteiger partial charge in [-0.25, -0.2) is 8.42 Å². The van der Waals surface area contributed by atoms with Crippen molar-refractivity contribution in [2.75, 3.05) is 0 Å². The highest BCUT2D eigenvalue weighted by atomic mass is 79.9. The molecule has 0 aromatic carbocycles. The van der Waals surface area contributed by atoms with Gasteiger partial charge in [-0.3, -0.25) is 4.79 Å². The molecule has 0 saturated heterocycles. The van der Waals surface area contributed by atoms with Gasteiger partial charge in [-0.2, -0.15) is 4.72 Å². The van der Waals surface area contributed by atoms with Crippen molar-refractivity contribution in [3.8, 4) is 0 Å². The van der Waals surface area contributed by atoms with Crippen LogP contribution in [0.5, 0.6) is 0 Å². The number of hydrogen-bond acceptors (Lipinski definition) is 4. The van der Waals surface area contributed by atoms with Crippen LogP contribution in [0.3, 0.4) is 0 Å². The van der Waals surface area contributed by atoms with E-state index in [1.807, 2.05) is 0 Å². The number of carboxylic acids is 1. The van der Waals surface area contributed by atoms with Gasteiger partial charge in [-0.15, -0.1) is 11.3 Å². The molecule has 0 spiro atoms. The predicted molar refractivity (Wildman–Crippen MR) is 78.0 cm³/mol. The monoisotopic (exact) mass is 369 g/mol. The van der Waals surface area contributed by atoms with Crippen molar-refractivity contribution >= 4 is 43.3 Å². The van der Waals surface area contributed by atoms with Gasteiger partial charge in [0.2, 0.25) is 10.0 Å². The number of rotatable bonds is 4. The quantitative estimate of drug-likeness (QED) is 0.854. The summed E-state index contributed by atoms with van der Waals surface area (Å²) in [7, 11) is -3.85. The van der Waals surface area contributed by atoms with E-state index in [0.717, 1.165) is 0 Å². The van der Waals surface area contributed by atoms with Crippen molar-refractivity contribution < 1.29 is 18.3 Å². The molecule has 5 nitrogen and oxygen atoms in total. The second-order valence-corrected chi connectivity index (χ2v) is 9.55. The number of carbonyl (C=O) groups is 1. The third kappa shape index (κ3) is 4.01. The highest BCUT2D eigenvalue weighted by Gasteiger charge is 2.36. The molecule has 1 aromatic heterocycles. The van der Waals surface area contributed by atoms with E-state index >= 15 is 0 Å². The fourth-order valence-corrected chi connectivity index (χ4v) is 5.32. The van der Waals surface area contributed by atoms with E-state index in [1.165, 1.54) is 17.4 Å². The molecule has 0 saturated carbocycles. The Morgan fingerprint density at radius 2 is 2.00 bits per heavy atom. The molecular formula is C11H16BrNO4S2. The molecule has 1 atom stereocenters. The Labute approximate surface area is 125 Å². The molecule has 0 amide bonds. The molecule has 8 heteroatoms. The normalized spacial score (nSPS) is 14.4. The Kier molecular flexibility index (Phi) is 4.82. The third-order valence-electron chi connectivity index (χ3n) is 2.52. The zero-order chi connectivity index (χ0) is 15.0. The molecule has 0 radical (unpaired) electrons. The van der Waals surface area contributed by atoms with E-state index < -0.39 is 27.4 Å². The van der Waals surface area contributed by atoms with Gasteiger partial charge in [-0.05, 0) is 34.3 Å². The van der Waals surface area contributed by atoms with Gasteiger partial charge in [-0.1, -0.05) is 20.8 Å². The minimum atomic E-state index is -3.85. The van der Waals surface area contributed by atoms with E-state index in [2.05, 4.69) is 20.7 Å². The minimum absolute atomic E-state index is 0.111. The molecule has 1 heterocycles. The van der Waals surface area contributed by atoms with Gasteiger partial charge in [0, 0.05) is 4.88 Å². The molecule has 0 aliphatic rings. The Bertz CT molecular complexity index is 586. The van der Waals surface area contributed by atoms with Crippen molar-refractivity contribution in [3.05, 3.63) is 14.7 Å². The molecule has 0 bridgehead atoms. The average Bonchev–Trinajstić information content (AvgIpc) is 2.53. The Balaban J connectivity index is 3.15. The minimum Gasteiger partial charge on any atom is -0.480 e. The zero-order valence-corrected chi connectivity index (χ0v) is 14.2. The van der Waals surface area contributed by atoms with Crippen LogP contribution in [-0.4, -0.2) is 25.5 Å². The van der Waals surface area contributed by atoms with Crippen molar-refractivity contribution in [2.24, 2.45) is 5.41 Å². The molecule has 1 rings (SSSR count). The first kappa shape index (κ1) is 16.6. The summed E-state index contributed by atoms with van der Waals surface area (Å²) in [5.41, 5.74) is -0.722. The van der Waals surface area contributed by atoms with Crippen LogP contribution in [0.15, 0.2) is 14.7 Å². The lowest BCUT2D eigenvalue weighted by Crippen LogP contribution is -2.48. The topological polar surface area (TPSA) is 83.5 Å². The van der Waals surface area contributed by atoms with E-state index in [4.69, 9.17) is 5.11 Å². The van der Waals surface area contributed by atoms with Crippen molar-refractivity contribution in [2.45, 2.75) is 38.6 Å². The molecule has 2 N–H and O–H groups in total. The molecule has 0 aliphatic carbocycles. The molecule has 108 valence electrons. The van der Waals surface area contributed by atoms with Gasteiger partial charge in [0.15, 0.2) is 0 Å². The lowest BCUT2D eigenvalue weighted by Gasteiger charge is -2.27. The second kappa shape index (κ2) is 5.51. The summed E-state index contributed by atoms with van der Waals surface area (Å²) in [4.78, 5) is 11.9. The lowest BCUT2D eigenvalue weighted by molar-refractivity contribution is -0.141. The summed E-state index contributed by atoms with van der Waals surface area (Å²) >= 11 is 4.51. The van der Waals surface area contributed by atoms with Crippen LogP contribution in [0.2, 0.25) is 0 Å². The average molecular weight is 370 g/mol. The molecule has 1 unspecified atom stereocenters. The van der Waals surface area contributed by atoms with Crippen LogP contribution in [0.25, 0.3) is 0 Å². The Morgan fingerprint density at radius 1 is 1.47 bits per heavy atom. The molecular weight excluding hydrogens is 354 g/mol. The molecule has 0 fully saturated rings. The van der Waals surface area contributed by atoms with Crippen molar-refractivity contribution in [1.29, 1.82) is 0 Å². The first-order valence-corrected chi connectivity index (χ1v) is 8.55. The molecule has 0 aliphatic heterocycles. The van der Waals surface area contributed by atoms with Gasteiger partial charge in [0.25, 0.3) is 0 Å². The molecule has 19 heavy (non-hydrogen) atoms. The van der Waals surface area contributed by atoms with E-state index in [0.29, 0.717) is 8.66 Å². The van der Waals surface area contributed by atoms with Crippen molar-refractivity contribution in [1.82, 2.24) is 4.72 Å². The summed E-state index contributed by atoms with van der Waals surface area (Å²) < 4.78 is 27.4. The number of hydrogen-bond donors (Lipinski definition) is 2. The largest absolute Gasteiger partial charge is 0.480 e. The van der Waals surface area contributed by atoms with Gasteiger partial charge >= 0.3 is 5.97 Å². The van der Waals surface area contributed by atoms with E-state index in [1.54, 1.807) is 27.7 Å². The fraction of sp³-hybridized carbons (Fsp3) is 0.545. The summed E-state index contributed by atoms with van der Waals surface area (Å²) in [6, 6.07) is 0.291. The number of thiophene rings is 1. The number of aliphatic carboxylic acids is 1. The predicted octanol–water partition coefficient (Wildman–Crippen LogP) is 2.60. The van der Waals surface area contributed by atoms with Crippen LogP contribution < -0.4 is 4.72 Å². The fourth-order valence-electron chi connectivity index (χ4n) is 1.51. The maximum Gasteiger partial charge on any atom is 0.322 e. The van der Waals surface area contributed by atoms with E-state index in [-0.39, 0.29) is 4.90 Å². The number of aryl methyl sites for hydroxylation is 1. The van der Waals surface area contributed by atoms with E-state index in [9.17, 15) is 13.2 Å². The summed E-state index contributed by atoms with van der Waals surface area (Å²) in [5.74, 6) is -1.19. The summed E-state index contributed by atoms with van der Waals surface area (Å²) in [6.45, 7) is 6.69. The number of sulfonamides is 1. The lowest BCUT2D eigenvalue weighted by atomic mass is 9.88. The third-order valence-corrected chi connectivity index (χ3v) is 5.75. The standard InChI is InChI=1S/C11H16BrNO4S2/c1-6-7(5-8(12)18-6)19(16,17)13-9(10(14)15)11(2,3)4/h5,9,13H,1-4H3,(H,14,15). The van der Waals surface area contributed by atoms with Gasteiger partial charge in [0.1, 0.15) is 6.04 Å². The maximum atomic E-state index is 12.2. The SMILES string of the molecule is Cc1sc(Br)cc1S(=O)(=O)NC(C(=O)O)C(C)(C)C. The van der Waals surface area contributed by atoms with Crippen LogP contribution in [-0.2, 0) is 14.8 Å². The van der Waals surface area contributed by atoms with Gasteiger partial charge < -0.3 is 5.11 Å². The van der Waals surface area contributed by atoms with Gasteiger partial charge in [0.05, 0.1) is 8.68 Å². The van der Waals surface area contributed by atoms with Crippen LogP contribution in [0.4, 0.5) is 0 Å². The second-order valence-electron chi connectivity index (χ2n) is 5.23. The van der Waals surface area contributed by atoms with Crippen LogP contribution >= 0.6 is 27.3 Å². The van der Waals surface area contributed by atoms with Crippen molar-refractivity contribution in [3.63, 3.8) is 0 Å². The Hall–Kier alpha value is -0.440. The maximum absolute atomic E-state index is 12.2. The number of halogens is 1. The highest BCUT2D eigenvalue weighted by molar-refractivity contribution is 9.11. The highest BCUT2D eigenvalue weighted by Crippen LogP contribution is 2.30. The summed E-state index contributed by atoms with van der Waals surface area (Å²) in [5, 5.41) is 9.16. The summed E-state index contributed by atoms with van der Waals surface area (Å²) in [6.07, 6.45) is 0. The number of carboxylic acid groups (broad SMARTS) is 1. The first-order valence-electron chi connectivity index (χ1n) is 5.46. The van der Waals surface area contributed by atoms with Crippen LogP contribution in [0.1, 0.15) is 25.6 Å². The zero-order valence-electron chi connectivity index (χ0n) is 11.0. The smallest absolute Gasteiger partial charge is 0.322 e. The van der Waals surface area contributed by atoms with Crippen LogP contribution in [0, 0.1) is 12.3 Å². The Morgan fingerprint density at radius 3 is 2.32 bits per heavy atom.